The number of allylic oxidation sites excluding steroid dienone is 9. The predicted molar refractivity (Wildman–Crippen MR) is 377 cm³/mol. The Balaban J connectivity index is 1.10. The molecule has 0 aromatic carbocycles. The van der Waals surface area contributed by atoms with E-state index in [1.807, 2.05) is 6.08 Å². The Morgan fingerprint density at radius 3 is 1.48 bits per heavy atom. The van der Waals surface area contributed by atoms with E-state index in [1.165, 1.54) is 77.0 Å². The molecular weight excluding hydrogens is 1180 g/mol. The number of hydrogen-bond donors (Lipinski definition) is 1. The minimum atomic E-state index is -0.856. The van der Waals surface area contributed by atoms with Crippen LogP contribution in [0.4, 0.5) is 0 Å². The van der Waals surface area contributed by atoms with Crippen molar-refractivity contribution in [2.24, 2.45) is 40.4 Å². The van der Waals surface area contributed by atoms with Crippen LogP contribution in [0.3, 0.4) is 0 Å². The van der Waals surface area contributed by atoms with Crippen LogP contribution in [0.1, 0.15) is 330 Å². The van der Waals surface area contributed by atoms with Gasteiger partial charge in [0.1, 0.15) is 25.9 Å². The highest BCUT2D eigenvalue weighted by molar-refractivity contribution is 6.01. The molecule has 13 nitrogen and oxygen atoms in total. The van der Waals surface area contributed by atoms with Gasteiger partial charge < -0.3 is 28.8 Å². The molecule has 3 saturated carbocycles. The van der Waals surface area contributed by atoms with Crippen LogP contribution >= 0.6 is 0 Å². The normalized spacial score (nSPS) is 23.0. The third-order valence-electron chi connectivity index (χ3n) is 21.0. The van der Waals surface area contributed by atoms with Gasteiger partial charge in [0.2, 0.25) is 0 Å². The summed E-state index contributed by atoms with van der Waals surface area (Å²) in [6, 6.07) is 0. The lowest BCUT2D eigenvalue weighted by Gasteiger charge is -2.58. The lowest BCUT2D eigenvalue weighted by molar-refractivity contribution is -0.167. The second-order valence-electron chi connectivity index (χ2n) is 29.0. The maximum atomic E-state index is 14.0. The Hall–Kier alpha value is -4.65. The Bertz CT molecular complexity index is 2330. The number of Topliss-reactive ketones (excluding diaryl/α,β-unsaturated/α-hetero) is 1. The average molecular weight is 1310 g/mol. The fraction of sp³-hybridized carbons (Fsp3) is 0.790. The summed E-state index contributed by atoms with van der Waals surface area (Å²) in [5.74, 6) is -2.13. The number of ether oxygens (including phenoxy) is 5. The van der Waals surface area contributed by atoms with Crippen molar-refractivity contribution >= 4 is 41.4 Å². The number of carbonyl (C=O) groups excluding carboxylic acids is 7. The number of ketones is 2. The smallest absolute Gasteiger partial charge is 0.306 e. The highest BCUT2D eigenvalue weighted by atomic mass is 16.6. The van der Waals surface area contributed by atoms with Crippen molar-refractivity contribution in [2.75, 3.05) is 19.8 Å². The van der Waals surface area contributed by atoms with Crippen molar-refractivity contribution in [3.05, 3.63) is 60.3 Å². The second-order valence-corrected chi connectivity index (χ2v) is 29.0. The van der Waals surface area contributed by atoms with Gasteiger partial charge in [-0.1, -0.05) is 218 Å². The van der Waals surface area contributed by atoms with Crippen LogP contribution in [-0.2, 0) is 57.2 Å². The molecule has 94 heavy (non-hydrogen) atoms. The molecule has 10 atom stereocenters. The van der Waals surface area contributed by atoms with Crippen molar-refractivity contribution in [3.63, 3.8) is 0 Å². The summed E-state index contributed by atoms with van der Waals surface area (Å²) >= 11 is 0. The van der Waals surface area contributed by atoms with E-state index in [2.05, 4.69) is 78.0 Å². The minimum Gasteiger partial charge on any atom is -0.462 e. The van der Waals surface area contributed by atoms with Crippen LogP contribution in [0.5, 0.6) is 0 Å². The van der Waals surface area contributed by atoms with E-state index in [-0.39, 0.29) is 116 Å². The van der Waals surface area contributed by atoms with E-state index in [0.717, 1.165) is 160 Å². The molecule has 4 aliphatic rings. The van der Waals surface area contributed by atoms with Crippen LogP contribution in [0.15, 0.2) is 60.3 Å². The minimum absolute atomic E-state index is 0.00266. The molecule has 4 rings (SSSR count). The van der Waals surface area contributed by atoms with Gasteiger partial charge in [-0.2, -0.15) is 0 Å². The molecule has 3 fully saturated rings. The van der Waals surface area contributed by atoms with Gasteiger partial charge in [-0.15, -0.1) is 0 Å². The molecule has 1 N–H and O–H groups in total. The fourth-order valence-electron chi connectivity index (χ4n) is 15.8. The number of esters is 5. The van der Waals surface area contributed by atoms with Crippen molar-refractivity contribution < 1.29 is 62.4 Å². The number of unbranched alkanes of at least 4 members (excludes halogenated alkanes) is 28. The molecule has 534 valence electrons. The monoisotopic (exact) mass is 1310 g/mol. The molecule has 0 heterocycles. The van der Waals surface area contributed by atoms with Gasteiger partial charge in [-0.25, -0.2) is 0 Å². The maximum Gasteiger partial charge on any atom is 0.306 e. The van der Waals surface area contributed by atoms with Crippen molar-refractivity contribution in [2.45, 2.75) is 349 Å². The van der Waals surface area contributed by atoms with E-state index in [9.17, 15) is 38.7 Å². The Labute approximate surface area is 570 Å². The van der Waals surface area contributed by atoms with Crippen LogP contribution in [0, 0.1) is 40.4 Å². The molecule has 3 unspecified atom stereocenters. The third kappa shape index (κ3) is 32.1. The van der Waals surface area contributed by atoms with E-state index in [1.54, 1.807) is 12.2 Å². The Kier molecular flexibility index (Phi) is 42.6. The first-order valence-corrected chi connectivity index (χ1v) is 38.5. The van der Waals surface area contributed by atoms with Gasteiger partial charge in [0, 0.05) is 42.9 Å². The topological polar surface area (TPSA) is 186 Å². The number of fused-ring (bicyclic) bond motifs is 5. The first-order valence-electron chi connectivity index (χ1n) is 38.5. The molecular formula is C81H132O13. The molecule has 13 heteroatoms. The Morgan fingerprint density at radius 2 is 0.957 bits per heavy atom. The average Bonchev–Trinajstić information content (AvgIpc) is 1.41. The van der Waals surface area contributed by atoms with E-state index in [0.29, 0.717) is 32.1 Å². The summed E-state index contributed by atoms with van der Waals surface area (Å²) in [4.78, 5) is 91.0. The van der Waals surface area contributed by atoms with E-state index >= 15 is 0 Å². The van der Waals surface area contributed by atoms with Crippen LogP contribution in [0.25, 0.3) is 0 Å². The van der Waals surface area contributed by atoms with Gasteiger partial charge in [0.25, 0.3) is 0 Å². The van der Waals surface area contributed by atoms with Crippen LogP contribution in [-0.4, -0.2) is 84.7 Å². The number of carbonyl (C=O) groups is 7. The zero-order valence-electron chi connectivity index (χ0n) is 60.1. The van der Waals surface area contributed by atoms with E-state index in [4.69, 9.17) is 23.7 Å². The number of aliphatic hydroxyl groups excluding tert-OH is 1. The largest absolute Gasteiger partial charge is 0.462 e. The molecule has 0 spiro atoms. The summed E-state index contributed by atoms with van der Waals surface area (Å²) < 4.78 is 28.4. The summed E-state index contributed by atoms with van der Waals surface area (Å²) in [6.45, 7) is 12.4. The lowest BCUT2D eigenvalue weighted by Crippen LogP contribution is -2.56. The summed E-state index contributed by atoms with van der Waals surface area (Å²) in [7, 11) is 0. The van der Waals surface area contributed by atoms with Crippen molar-refractivity contribution in [1.82, 2.24) is 0 Å². The molecule has 0 aromatic heterocycles. The second kappa shape index (κ2) is 49.0. The third-order valence-corrected chi connectivity index (χ3v) is 21.0. The molecule has 0 aliphatic heterocycles. The quantitative estimate of drug-likeness (QED) is 0.0263. The van der Waals surface area contributed by atoms with Gasteiger partial charge in [-0.3, -0.25) is 33.6 Å². The summed E-state index contributed by atoms with van der Waals surface area (Å²) in [6.07, 6.45) is 59.2. The molecule has 0 aromatic rings. The van der Waals surface area contributed by atoms with Gasteiger partial charge in [0.15, 0.2) is 17.7 Å². The zero-order valence-corrected chi connectivity index (χ0v) is 60.1. The van der Waals surface area contributed by atoms with Gasteiger partial charge in [-0.05, 0) is 157 Å². The molecule has 0 amide bonds. The van der Waals surface area contributed by atoms with Gasteiger partial charge in [0.05, 0.1) is 18.9 Å². The molecule has 0 bridgehead atoms. The first-order chi connectivity index (χ1) is 45.6. The van der Waals surface area contributed by atoms with Crippen molar-refractivity contribution in [3.8, 4) is 0 Å². The molecule has 0 saturated heterocycles. The predicted octanol–water partition coefficient (Wildman–Crippen LogP) is 19.9. The Morgan fingerprint density at radius 1 is 0.532 bits per heavy atom. The zero-order chi connectivity index (χ0) is 68.1. The van der Waals surface area contributed by atoms with Gasteiger partial charge >= 0.3 is 29.8 Å². The highest BCUT2D eigenvalue weighted by Crippen LogP contribution is 2.67. The maximum absolute atomic E-state index is 14.0. The fourth-order valence-corrected chi connectivity index (χ4v) is 15.8. The van der Waals surface area contributed by atoms with Crippen LogP contribution < -0.4 is 0 Å². The first kappa shape index (κ1) is 81.8. The number of rotatable bonds is 55. The van der Waals surface area contributed by atoms with Crippen LogP contribution in [0.2, 0.25) is 0 Å². The number of hydrogen-bond acceptors (Lipinski definition) is 13. The van der Waals surface area contributed by atoms with E-state index < -0.39 is 29.6 Å². The number of aliphatic hydroxyl groups is 1. The standard InChI is InChI=1S/C81H132O13/c1-7-10-13-16-18-20-22-24-25-27-28-30-35-39-44-49-73(85)90-61-68(94-76(88)51-46-41-37-31-29-26-23-21-19-17-14-11-8-2)62-91-74(86)50-45-40-36-33-32-34-38-43-48-67(47-42-15-12-9-3)93-77(89)55-54-75(87)92-63-72(84)78-64(4)58-70-69-53-52-65-59-66(82)56-57-80(65,5)79(69)71(83)60-81(70,78)6/h23-26,38,43,56-57,59,64,67-71,78-79,83H,7-22,27-37,39-42,44-55,58,60-63H2,1-6H3/b25-24-,26-23-,43-38-/t64-,67-,68?,69+,70?,71+,78-,79?,80+,81+/m1/s1. The lowest BCUT2D eigenvalue weighted by atomic mass is 9.46. The SMILES string of the molecule is CCCCCCC/C=C\CCCCCCC(=O)OC(COC(=O)CCCCCCC/C=C\CCCCCCCC)COC(=O)CCCCCCC/C=C\C[C@@H](CCCCCC)OC(=O)CCC(=O)OCC(=O)[C@H]1[C@H](C)CC2[C@@H]3CCC4=CC(=O)C=C[C@]4(C)C3[C@@H](O)C[C@@]21C. The molecule has 0 radical (unpaired) electrons. The summed E-state index contributed by atoms with van der Waals surface area (Å²) in [5, 5.41) is 11.8. The van der Waals surface area contributed by atoms with Crippen molar-refractivity contribution in [1.29, 1.82) is 0 Å². The molecule has 4 aliphatic carbocycles. The highest BCUT2D eigenvalue weighted by Gasteiger charge is 2.64. The summed E-state index contributed by atoms with van der Waals surface area (Å²) in [5.41, 5.74) is 0.274.